The van der Waals surface area contributed by atoms with Crippen molar-refractivity contribution in [3.8, 4) is 0 Å². The van der Waals surface area contributed by atoms with Crippen LogP contribution in [0, 0.1) is 5.92 Å². The normalized spacial score (nSPS) is 16.8. The van der Waals surface area contributed by atoms with Crippen molar-refractivity contribution in [1.29, 1.82) is 0 Å². The summed E-state index contributed by atoms with van der Waals surface area (Å²) in [4.78, 5) is 23.5. The van der Waals surface area contributed by atoms with Gasteiger partial charge in [-0.3, -0.25) is 9.78 Å². The standard InChI is InChI=1S/C18H24N4O/c1-13(2)22-9-7-14(8-10-22)11-20-18(23)17-12-19-15-5-3-4-6-16(15)21-17/h3-6,12-14H,7-11H2,1-2H3,(H,20,23). The Morgan fingerprint density at radius 3 is 2.65 bits per heavy atom. The number of fused-ring (bicyclic) bond motifs is 1. The molecule has 122 valence electrons. The molecule has 1 fully saturated rings. The van der Waals surface area contributed by atoms with E-state index in [9.17, 15) is 4.79 Å². The van der Waals surface area contributed by atoms with Gasteiger partial charge in [0.25, 0.3) is 5.91 Å². The molecule has 2 heterocycles. The number of hydrogen-bond donors (Lipinski definition) is 1. The topological polar surface area (TPSA) is 58.1 Å². The first-order chi connectivity index (χ1) is 11.1. The van der Waals surface area contributed by atoms with Gasteiger partial charge in [-0.1, -0.05) is 12.1 Å². The van der Waals surface area contributed by atoms with Crippen molar-refractivity contribution in [2.45, 2.75) is 32.7 Å². The fourth-order valence-electron chi connectivity index (χ4n) is 3.07. The van der Waals surface area contributed by atoms with Gasteiger partial charge in [-0.25, -0.2) is 4.98 Å². The minimum atomic E-state index is -0.130. The summed E-state index contributed by atoms with van der Waals surface area (Å²) in [7, 11) is 0. The summed E-state index contributed by atoms with van der Waals surface area (Å²) in [5.74, 6) is 0.428. The maximum Gasteiger partial charge on any atom is 0.271 e. The third kappa shape index (κ3) is 3.85. The van der Waals surface area contributed by atoms with Crippen LogP contribution in [0.4, 0.5) is 0 Å². The number of nitrogens with zero attached hydrogens (tertiary/aromatic N) is 3. The molecule has 23 heavy (non-hydrogen) atoms. The van der Waals surface area contributed by atoms with E-state index in [0.717, 1.165) is 43.5 Å². The summed E-state index contributed by atoms with van der Waals surface area (Å²) in [5.41, 5.74) is 1.96. The maximum absolute atomic E-state index is 12.3. The van der Waals surface area contributed by atoms with Crippen LogP contribution in [0.5, 0.6) is 0 Å². The predicted molar refractivity (Wildman–Crippen MR) is 91.3 cm³/mol. The SMILES string of the molecule is CC(C)N1CCC(CNC(=O)c2cnc3ccccc3n2)CC1. The maximum atomic E-state index is 12.3. The van der Waals surface area contributed by atoms with Crippen LogP contribution in [-0.2, 0) is 0 Å². The van der Waals surface area contributed by atoms with Crippen molar-refractivity contribution < 1.29 is 4.79 Å². The molecular formula is C18H24N4O. The summed E-state index contributed by atoms with van der Waals surface area (Å²) in [6.07, 6.45) is 3.84. The number of carbonyl (C=O) groups excluding carboxylic acids is 1. The van der Waals surface area contributed by atoms with Gasteiger partial charge in [0, 0.05) is 12.6 Å². The summed E-state index contributed by atoms with van der Waals surface area (Å²) in [6, 6.07) is 8.20. The molecule has 1 aliphatic heterocycles. The van der Waals surface area contributed by atoms with Gasteiger partial charge >= 0.3 is 0 Å². The second-order valence-corrected chi connectivity index (χ2v) is 6.53. The molecule has 5 heteroatoms. The van der Waals surface area contributed by atoms with Crippen LogP contribution in [0.25, 0.3) is 11.0 Å². The molecule has 0 atom stereocenters. The van der Waals surface area contributed by atoms with Crippen LogP contribution in [0.2, 0.25) is 0 Å². The van der Waals surface area contributed by atoms with Crippen LogP contribution in [0.15, 0.2) is 30.5 Å². The highest BCUT2D eigenvalue weighted by Gasteiger charge is 2.21. The highest BCUT2D eigenvalue weighted by Crippen LogP contribution is 2.18. The Balaban J connectivity index is 1.55. The molecule has 0 spiro atoms. The monoisotopic (exact) mass is 312 g/mol. The van der Waals surface area contributed by atoms with E-state index in [1.54, 1.807) is 6.20 Å². The molecule has 0 aliphatic carbocycles. The molecule has 1 aromatic heterocycles. The molecule has 1 amide bonds. The second-order valence-electron chi connectivity index (χ2n) is 6.53. The van der Waals surface area contributed by atoms with Gasteiger partial charge < -0.3 is 10.2 Å². The van der Waals surface area contributed by atoms with Crippen LogP contribution < -0.4 is 5.32 Å². The highest BCUT2D eigenvalue weighted by molar-refractivity contribution is 5.93. The third-order valence-corrected chi connectivity index (χ3v) is 4.61. The highest BCUT2D eigenvalue weighted by atomic mass is 16.1. The van der Waals surface area contributed by atoms with Crippen molar-refractivity contribution in [3.63, 3.8) is 0 Å². The van der Waals surface area contributed by atoms with Crippen molar-refractivity contribution in [1.82, 2.24) is 20.2 Å². The first-order valence-corrected chi connectivity index (χ1v) is 8.37. The van der Waals surface area contributed by atoms with Crippen LogP contribution >= 0.6 is 0 Å². The lowest BCUT2D eigenvalue weighted by Crippen LogP contribution is -2.41. The van der Waals surface area contributed by atoms with Crippen LogP contribution in [-0.4, -0.2) is 46.5 Å². The molecule has 2 aromatic rings. The number of benzene rings is 1. The fourth-order valence-corrected chi connectivity index (χ4v) is 3.07. The van der Waals surface area contributed by atoms with Gasteiger partial charge in [-0.05, 0) is 57.8 Å². The summed E-state index contributed by atoms with van der Waals surface area (Å²) in [6.45, 7) is 7.43. The van der Waals surface area contributed by atoms with E-state index in [0.29, 0.717) is 17.7 Å². The number of amides is 1. The minimum Gasteiger partial charge on any atom is -0.350 e. The lowest BCUT2D eigenvalue weighted by atomic mass is 9.96. The predicted octanol–water partition coefficient (Wildman–Crippen LogP) is 2.48. The molecule has 5 nitrogen and oxygen atoms in total. The number of hydrogen-bond acceptors (Lipinski definition) is 4. The molecule has 3 rings (SSSR count). The smallest absolute Gasteiger partial charge is 0.271 e. The van der Waals surface area contributed by atoms with E-state index >= 15 is 0 Å². The quantitative estimate of drug-likeness (QED) is 0.942. The zero-order chi connectivity index (χ0) is 16.2. The summed E-state index contributed by atoms with van der Waals surface area (Å²) < 4.78 is 0. The van der Waals surface area contributed by atoms with Gasteiger partial charge in [0.15, 0.2) is 0 Å². The van der Waals surface area contributed by atoms with Crippen LogP contribution in [0.3, 0.4) is 0 Å². The molecule has 0 radical (unpaired) electrons. The molecule has 1 N–H and O–H groups in total. The van der Waals surface area contributed by atoms with Gasteiger partial charge in [-0.2, -0.15) is 0 Å². The van der Waals surface area contributed by atoms with Crippen molar-refractivity contribution in [2.24, 2.45) is 5.92 Å². The van der Waals surface area contributed by atoms with E-state index in [-0.39, 0.29) is 5.91 Å². The Bertz CT molecular complexity index is 678. The van der Waals surface area contributed by atoms with E-state index < -0.39 is 0 Å². The average molecular weight is 312 g/mol. The van der Waals surface area contributed by atoms with Crippen molar-refractivity contribution >= 4 is 16.9 Å². The van der Waals surface area contributed by atoms with Gasteiger partial charge in [0.1, 0.15) is 5.69 Å². The van der Waals surface area contributed by atoms with Gasteiger partial charge in [0.2, 0.25) is 0 Å². The molecule has 0 bridgehead atoms. The van der Waals surface area contributed by atoms with E-state index in [1.807, 2.05) is 24.3 Å². The van der Waals surface area contributed by atoms with Crippen LogP contribution in [0.1, 0.15) is 37.2 Å². The number of carbonyl (C=O) groups is 1. The van der Waals surface area contributed by atoms with E-state index in [1.165, 1.54) is 0 Å². The number of para-hydroxylation sites is 2. The first-order valence-electron chi connectivity index (χ1n) is 8.37. The summed E-state index contributed by atoms with van der Waals surface area (Å²) >= 11 is 0. The Kier molecular flexibility index (Phi) is 4.86. The number of likely N-dealkylation sites (tertiary alicyclic amines) is 1. The minimum absolute atomic E-state index is 0.130. The van der Waals surface area contributed by atoms with E-state index in [4.69, 9.17) is 0 Å². The number of aromatic nitrogens is 2. The Hall–Kier alpha value is -2.01. The largest absolute Gasteiger partial charge is 0.350 e. The number of rotatable bonds is 4. The van der Waals surface area contributed by atoms with E-state index in [2.05, 4.69) is 34.0 Å². The first kappa shape index (κ1) is 15.9. The third-order valence-electron chi connectivity index (χ3n) is 4.61. The molecule has 0 unspecified atom stereocenters. The Morgan fingerprint density at radius 1 is 1.26 bits per heavy atom. The molecule has 1 aliphatic rings. The van der Waals surface area contributed by atoms with Crippen molar-refractivity contribution in [2.75, 3.05) is 19.6 Å². The second kappa shape index (κ2) is 7.04. The fraction of sp³-hybridized carbons (Fsp3) is 0.500. The van der Waals surface area contributed by atoms with Crippen molar-refractivity contribution in [3.05, 3.63) is 36.2 Å². The molecule has 1 saturated heterocycles. The number of nitrogens with one attached hydrogen (secondary N) is 1. The average Bonchev–Trinajstić information content (AvgIpc) is 2.59. The van der Waals surface area contributed by atoms with Gasteiger partial charge in [0.05, 0.1) is 17.2 Å². The zero-order valence-corrected chi connectivity index (χ0v) is 13.8. The Labute approximate surface area is 137 Å². The lowest BCUT2D eigenvalue weighted by Gasteiger charge is -2.34. The van der Waals surface area contributed by atoms with Gasteiger partial charge in [-0.15, -0.1) is 0 Å². The number of piperidine rings is 1. The molecule has 1 aromatic carbocycles. The Morgan fingerprint density at radius 2 is 1.96 bits per heavy atom. The molecule has 0 saturated carbocycles. The lowest BCUT2D eigenvalue weighted by molar-refractivity contribution is 0.0925. The molecular weight excluding hydrogens is 288 g/mol. The summed E-state index contributed by atoms with van der Waals surface area (Å²) in [5, 5.41) is 3.02. The zero-order valence-electron chi connectivity index (χ0n) is 13.8.